The fourth-order valence-corrected chi connectivity index (χ4v) is 3.37. The number of hydrogen-bond donors (Lipinski definition) is 1. The molecule has 0 saturated heterocycles. The summed E-state index contributed by atoms with van der Waals surface area (Å²) in [6.07, 6.45) is 4.13. The van der Waals surface area contributed by atoms with Crippen LogP contribution in [0, 0.1) is 13.8 Å². The second-order valence-corrected chi connectivity index (χ2v) is 7.41. The van der Waals surface area contributed by atoms with Gasteiger partial charge in [0, 0.05) is 21.3 Å². The number of aromatic nitrogens is 1. The molecule has 0 spiro atoms. The van der Waals surface area contributed by atoms with Gasteiger partial charge in [-0.3, -0.25) is 4.79 Å². The van der Waals surface area contributed by atoms with Crippen molar-refractivity contribution in [1.29, 1.82) is 0 Å². The van der Waals surface area contributed by atoms with E-state index < -0.39 is 6.10 Å². The molecule has 3 rings (SSSR count). The highest BCUT2D eigenvalue weighted by molar-refractivity contribution is 9.10. The molecule has 0 amide bonds. The Morgan fingerprint density at radius 3 is 2.48 bits per heavy atom. The predicted octanol–water partition coefficient (Wildman–Crippen LogP) is 4.58. The lowest BCUT2D eigenvalue weighted by molar-refractivity contribution is -0.117. The molecule has 0 fully saturated rings. The Balaban J connectivity index is 1.77. The molecule has 25 heavy (non-hydrogen) atoms. The average molecular weight is 465 g/mol. The van der Waals surface area contributed by atoms with E-state index in [4.69, 9.17) is 4.74 Å². The van der Waals surface area contributed by atoms with Gasteiger partial charge in [0.2, 0.25) is 5.78 Å². The molecule has 7 heteroatoms. The molecular weight excluding hydrogens is 450 g/mol. The van der Waals surface area contributed by atoms with Crippen LogP contribution in [0.1, 0.15) is 11.1 Å². The Bertz CT molecular complexity index is 853. The van der Waals surface area contributed by atoms with E-state index in [1.54, 1.807) is 24.5 Å². The molecule has 1 aliphatic heterocycles. The van der Waals surface area contributed by atoms with Crippen molar-refractivity contribution in [2.45, 2.75) is 20.0 Å². The van der Waals surface area contributed by atoms with Crippen LogP contribution in [0.25, 0.3) is 0 Å². The van der Waals surface area contributed by atoms with Gasteiger partial charge < -0.3 is 10.1 Å². The second kappa shape index (κ2) is 7.49. The molecule has 2 aromatic rings. The van der Waals surface area contributed by atoms with Crippen molar-refractivity contribution in [3.8, 4) is 5.75 Å². The van der Waals surface area contributed by atoms with Crippen LogP contribution in [0.5, 0.6) is 5.75 Å². The number of aryl methyl sites for hydroxylation is 2. The minimum atomic E-state index is -0.728. The van der Waals surface area contributed by atoms with Crippen LogP contribution in [-0.4, -0.2) is 22.7 Å². The van der Waals surface area contributed by atoms with E-state index in [9.17, 15) is 4.79 Å². The van der Waals surface area contributed by atoms with Gasteiger partial charge in [0.15, 0.2) is 11.9 Å². The van der Waals surface area contributed by atoms with Crippen molar-refractivity contribution in [3.05, 3.63) is 62.8 Å². The summed E-state index contributed by atoms with van der Waals surface area (Å²) < 4.78 is 7.80. The fourth-order valence-electron chi connectivity index (χ4n) is 2.45. The predicted molar refractivity (Wildman–Crippen MR) is 105 cm³/mol. The standard InChI is InChI=1S/C18H15Br2N3O2/c1-10-7-13(20)8-11(2)17(10)25-14-5-6-21-18(16(14)24)23-15-4-3-12(19)9-22-15/h3-9,14H,1-2H3,(H,21,22,23). The third-order valence-corrected chi connectivity index (χ3v) is 4.53. The minimum absolute atomic E-state index is 0.203. The van der Waals surface area contributed by atoms with Crippen LogP contribution in [0.2, 0.25) is 0 Å². The summed E-state index contributed by atoms with van der Waals surface area (Å²) in [7, 11) is 0. The van der Waals surface area contributed by atoms with Crippen molar-refractivity contribution in [2.75, 3.05) is 5.32 Å². The Morgan fingerprint density at radius 1 is 1.12 bits per heavy atom. The molecule has 1 aromatic heterocycles. The van der Waals surface area contributed by atoms with Gasteiger partial charge in [-0.15, -0.1) is 0 Å². The third-order valence-electron chi connectivity index (χ3n) is 3.60. The molecule has 0 saturated carbocycles. The molecule has 1 unspecified atom stereocenters. The third kappa shape index (κ3) is 4.16. The number of Topliss-reactive ketones (excluding diaryl/α,β-unsaturated/α-hetero) is 1. The number of benzene rings is 1. The summed E-state index contributed by atoms with van der Waals surface area (Å²) in [4.78, 5) is 21.0. The summed E-state index contributed by atoms with van der Waals surface area (Å²) in [6, 6.07) is 7.51. The van der Waals surface area contributed by atoms with Crippen molar-refractivity contribution >= 4 is 49.3 Å². The van der Waals surface area contributed by atoms with Gasteiger partial charge in [-0.25, -0.2) is 9.98 Å². The van der Waals surface area contributed by atoms with E-state index in [1.165, 1.54) is 0 Å². The number of amidine groups is 1. The monoisotopic (exact) mass is 463 g/mol. The Labute approximate surface area is 162 Å². The van der Waals surface area contributed by atoms with E-state index in [2.05, 4.69) is 47.2 Å². The number of aliphatic imine (C=N–C) groups is 1. The molecule has 128 valence electrons. The van der Waals surface area contributed by atoms with Gasteiger partial charge in [0.05, 0.1) is 0 Å². The zero-order valence-corrected chi connectivity index (χ0v) is 16.8. The number of ether oxygens (including phenoxy) is 1. The number of rotatable bonds is 3. The number of nitrogens with one attached hydrogen (secondary N) is 1. The Hall–Kier alpha value is -1.99. The molecular formula is C18H15Br2N3O2. The minimum Gasteiger partial charge on any atom is -0.477 e. The van der Waals surface area contributed by atoms with E-state index in [0.29, 0.717) is 11.6 Å². The number of ketones is 1. The molecule has 1 atom stereocenters. The lowest BCUT2D eigenvalue weighted by atomic mass is 10.1. The van der Waals surface area contributed by atoms with E-state index in [1.807, 2.05) is 32.0 Å². The quantitative estimate of drug-likeness (QED) is 0.722. The highest BCUT2D eigenvalue weighted by atomic mass is 79.9. The number of hydrogen-bond acceptors (Lipinski definition) is 5. The number of carbonyl (C=O) groups is 1. The summed E-state index contributed by atoms with van der Waals surface area (Å²) in [5, 5.41) is 2.94. The molecule has 0 radical (unpaired) electrons. The first-order chi connectivity index (χ1) is 11.9. The molecule has 1 N–H and O–H groups in total. The molecule has 0 bridgehead atoms. The van der Waals surface area contributed by atoms with Crippen LogP contribution in [0.3, 0.4) is 0 Å². The van der Waals surface area contributed by atoms with Crippen LogP contribution < -0.4 is 10.1 Å². The van der Waals surface area contributed by atoms with Crippen LogP contribution in [0.15, 0.2) is 56.7 Å². The van der Waals surface area contributed by atoms with Gasteiger partial charge in [-0.2, -0.15) is 0 Å². The number of nitrogens with zero attached hydrogens (tertiary/aromatic N) is 2. The van der Waals surface area contributed by atoms with E-state index >= 15 is 0 Å². The van der Waals surface area contributed by atoms with Gasteiger partial charge in [0.1, 0.15) is 11.6 Å². The fraction of sp³-hybridized carbons (Fsp3) is 0.167. The molecule has 5 nitrogen and oxygen atoms in total. The number of anilines is 1. The highest BCUT2D eigenvalue weighted by Gasteiger charge is 2.27. The first-order valence-corrected chi connectivity index (χ1v) is 9.13. The molecule has 1 aromatic carbocycles. The maximum absolute atomic E-state index is 12.7. The largest absolute Gasteiger partial charge is 0.477 e. The lowest BCUT2D eigenvalue weighted by Gasteiger charge is -2.21. The maximum Gasteiger partial charge on any atom is 0.242 e. The van der Waals surface area contributed by atoms with Gasteiger partial charge >= 0.3 is 0 Å². The van der Waals surface area contributed by atoms with E-state index in [-0.39, 0.29) is 11.6 Å². The van der Waals surface area contributed by atoms with Crippen molar-refractivity contribution in [3.63, 3.8) is 0 Å². The van der Waals surface area contributed by atoms with Gasteiger partial charge in [0.25, 0.3) is 0 Å². The molecule has 2 heterocycles. The molecule has 1 aliphatic rings. The van der Waals surface area contributed by atoms with Crippen LogP contribution in [0.4, 0.5) is 5.82 Å². The zero-order valence-electron chi connectivity index (χ0n) is 13.6. The molecule has 0 aliphatic carbocycles. The normalized spacial score (nSPS) is 16.6. The summed E-state index contributed by atoms with van der Waals surface area (Å²) in [5.41, 5.74) is 1.92. The topological polar surface area (TPSA) is 63.6 Å². The summed E-state index contributed by atoms with van der Waals surface area (Å²) in [6.45, 7) is 3.90. The Morgan fingerprint density at radius 2 is 1.84 bits per heavy atom. The van der Waals surface area contributed by atoms with Crippen LogP contribution >= 0.6 is 31.9 Å². The van der Waals surface area contributed by atoms with Crippen LogP contribution in [-0.2, 0) is 4.79 Å². The Kier molecular flexibility index (Phi) is 5.34. The summed E-state index contributed by atoms with van der Waals surface area (Å²) >= 11 is 6.79. The maximum atomic E-state index is 12.7. The smallest absolute Gasteiger partial charge is 0.242 e. The first kappa shape index (κ1) is 17.8. The average Bonchev–Trinajstić information content (AvgIpc) is 2.56. The lowest BCUT2D eigenvalue weighted by Crippen LogP contribution is -2.38. The number of halogens is 2. The SMILES string of the molecule is Cc1cc(Br)cc(C)c1OC1C=CN=C(Nc2ccc(Br)cn2)C1=O. The van der Waals surface area contributed by atoms with E-state index in [0.717, 1.165) is 20.1 Å². The van der Waals surface area contributed by atoms with Crippen molar-refractivity contribution in [1.82, 2.24) is 4.98 Å². The second-order valence-electron chi connectivity index (χ2n) is 5.58. The summed E-state index contributed by atoms with van der Waals surface area (Å²) in [5.74, 6) is 1.21. The highest BCUT2D eigenvalue weighted by Crippen LogP contribution is 2.29. The van der Waals surface area contributed by atoms with Gasteiger partial charge in [-0.1, -0.05) is 15.9 Å². The van der Waals surface area contributed by atoms with Crippen molar-refractivity contribution in [2.24, 2.45) is 4.99 Å². The van der Waals surface area contributed by atoms with Crippen molar-refractivity contribution < 1.29 is 9.53 Å². The zero-order chi connectivity index (χ0) is 18.0. The van der Waals surface area contributed by atoms with Gasteiger partial charge in [-0.05, 0) is 71.2 Å². The number of pyridine rings is 1. The number of carbonyl (C=O) groups excluding carboxylic acids is 1. The first-order valence-electron chi connectivity index (χ1n) is 7.54.